The predicted octanol–water partition coefficient (Wildman–Crippen LogP) is 1.81. The Morgan fingerprint density at radius 1 is 1.24 bits per heavy atom. The summed E-state index contributed by atoms with van der Waals surface area (Å²) in [6.07, 6.45) is 12.9. The summed E-state index contributed by atoms with van der Waals surface area (Å²) in [5.74, 6) is 3.77. The average molecular weight is 234 g/mol. The molecule has 0 amide bonds. The van der Waals surface area contributed by atoms with Gasteiger partial charge < -0.3 is 4.74 Å². The van der Waals surface area contributed by atoms with Crippen molar-refractivity contribution in [2.24, 2.45) is 11.8 Å². The lowest BCUT2D eigenvalue weighted by Gasteiger charge is -2.14. The summed E-state index contributed by atoms with van der Waals surface area (Å²) >= 11 is 0. The van der Waals surface area contributed by atoms with Gasteiger partial charge in [0, 0.05) is 12.3 Å². The van der Waals surface area contributed by atoms with E-state index in [9.17, 15) is 9.59 Å². The van der Waals surface area contributed by atoms with Crippen molar-refractivity contribution < 1.29 is 14.3 Å². The first-order valence-electron chi connectivity index (χ1n) is 5.54. The van der Waals surface area contributed by atoms with Gasteiger partial charge in [0.1, 0.15) is 11.7 Å². The number of carbonyl (C=O) groups excluding carboxylic acids is 2. The Balaban J connectivity index is 4.30. The van der Waals surface area contributed by atoms with Crippen LogP contribution in [0.3, 0.4) is 0 Å². The third-order valence-electron chi connectivity index (χ3n) is 2.65. The lowest BCUT2D eigenvalue weighted by atomic mass is 9.91. The smallest absolute Gasteiger partial charge is 0.316 e. The summed E-state index contributed by atoms with van der Waals surface area (Å²) in [4.78, 5) is 22.6. The molecule has 0 aromatic rings. The number of carbonyl (C=O) groups is 2. The monoisotopic (exact) mass is 234 g/mol. The molecule has 0 bridgehead atoms. The first kappa shape index (κ1) is 15.3. The van der Waals surface area contributed by atoms with E-state index >= 15 is 0 Å². The largest absolute Gasteiger partial charge is 0.468 e. The van der Waals surface area contributed by atoms with Gasteiger partial charge in [-0.3, -0.25) is 9.59 Å². The Hall–Kier alpha value is -1.74. The standard InChI is InChI=1S/C14H18O3/c1-5-7-8-12(6-2)9-10-13(11(3)15)14(16)17-4/h1-2,12-13H,7-10H2,3-4H3. The zero-order valence-corrected chi connectivity index (χ0v) is 10.4. The summed E-state index contributed by atoms with van der Waals surface area (Å²) < 4.78 is 4.58. The van der Waals surface area contributed by atoms with E-state index in [-0.39, 0.29) is 11.7 Å². The molecular formula is C14H18O3. The Kier molecular flexibility index (Phi) is 7.55. The van der Waals surface area contributed by atoms with Gasteiger partial charge in [0.15, 0.2) is 0 Å². The van der Waals surface area contributed by atoms with Gasteiger partial charge in [-0.1, -0.05) is 0 Å². The maximum absolute atomic E-state index is 11.3. The van der Waals surface area contributed by atoms with Crippen LogP contribution in [0.1, 0.15) is 32.6 Å². The van der Waals surface area contributed by atoms with Crippen molar-refractivity contribution in [2.45, 2.75) is 32.6 Å². The van der Waals surface area contributed by atoms with Crippen LogP contribution in [-0.4, -0.2) is 18.9 Å². The molecule has 0 spiro atoms. The highest BCUT2D eigenvalue weighted by Crippen LogP contribution is 2.18. The van der Waals surface area contributed by atoms with E-state index in [0.717, 1.165) is 6.42 Å². The van der Waals surface area contributed by atoms with E-state index in [2.05, 4.69) is 16.6 Å². The van der Waals surface area contributed by atoms with Gasteiger partial charge in [0.2, 0.25) is 0 Å². The molecule has 0 rings (SSSR count). The summed E-state index contributed by atoms with van der Waals surface area (Å²) in [7, 11) is 1.27. The number of Topliss-reactive ketones (excluding diaryl/α,β-unsaturated/α-hetero) is 1. The Bertz CT molecular complexity index is 343. The minimum atomic E-state index is -0.707. The van der Waals surface area contributed by atoms with E-state index in [0.29, 0.717) is 19.3 Å². The number of terminal acetylenes is 2. The molecule has 0 aromatic heterocycles. The lowest BCUT2D eigenvalue weighted by Crippen LogP contribution is -2.24. The number of esters is 1. The molecule has 2 atom stereocenters. The van der Waals surface area contributed by atoms with Crippen molar-refractivity contribution in [3.05, 3.63) is 0 Å². The molecule has 0 aliphatic rings. The molecule has 0 aliphatic carbocycles. The molecule has 17 heavy (non-hydrogen) atoms. The fourth-order valence-electron chi connectivity index (χ4n) is 1.57. The third-order valence-corrected chi connectivity index (χ3v) is 2.65. The normalized spacial score (nSPS) is 12.9. The fraction of sp³-hybridized carbons (Fsp3) is 0.571. The quantitative estimate of drug-likeness (QED) is 0.383. The molecule has 0 aromatic carbocycles. The number of ether oxygens (including phenoxy) is 1. The van der Waals surface area contributed by atoms with Crippen LogP contribution < -0.4 is 0 Å². The van der Waals surface area contributed by atoms with Crippen molar-refractivity contribution in [1.29, 1.82) is 0 Å². The van der Waals surface area contributed by atoms with E-state index in [4.69, 9.17) is 12.8 Å². The maximum Gasteiger partial charge on any atom is 0.316 e. The summed E-state index contributed by atoms with van der Waals surface area (Å²) in [5.41, 5.74) is 0. The molecular weight excluding hydrogens is 216 g/mol. The molecule has 3 heteroatoms. The summed E-state index contributed by atoms with van der Waals surface area (Å²) in [6.45, 7) is 1.38. The van der Waals surface area contributed by atoms with Crippen molar-refractivity contribution >= 4 is 11.8 Å². The second-order valence-electron chi connectivity index (χ2n) is 3.87. The number of hydrogen-bond donors (Lipinski definition) is 0. The van der Waals surface area contributed by atoms with Gasteiger partial charge in [-0.25, -0.2) is 0 Å². The van der Waals surface area contributed by atoms with Crippen LogP contribution in [0.2, 0.25) is 0 Å². The van der Waals surface area contributed by atoms with Gasteiger partial charge >= 0.3 is 5.97 Å². The first-order chi connectivity index (χ1) is 8.06. The number of ketones is 1. The highest BCUT2D eigenvalue weighted by Gasteiger charge is 2.24. The molecule has 2 unspecified atom stereocenters. The molecule has 92 valence electrons. The molecule has 0 fully saturated rings. The zero-order chi connectivity index (χ0) is 13.3. The SMILES string of the molecule is C#CCCC(C#C)CCC(C(C)=O)C(=O)OC. The van der Waals surface area contributed by atoms with Crippen LogP contribution in [0.4, 0.5) is 0 Å². The van der Waals surface area contributed by atoms with Gasteiger partial charge in [0.25, 0.3) is 0 Å². The van der Waals surface area contributed by atoms with Crippen LogP contribution in [0.25, 0.3) is 0 Å². The number of methoxy groups -OCH3 is 1. The first-order valence-corrected chi connectivity index (χ1v) is 5.54. The van der Waals surface area contributed by atoms with Gasteiger partial charge in [-0.05, 0) is 26.2 Å². The number of hydrogen-bond acceptors (Lipinski definition) is 3. The van der Waals surface area contributed by atoms with Crippen LogP contribution in [0.15, 0.2) is 0 Å². The van der Waals surface area contributed by atoms with E-state index in [1.165, 1.54) is 14.0 Å². The Morgan fingerprint density at radius 3 is 2.29 bits per heavy atom. The van der Waals surface area contributed by atoms with Crippen LogP contribution in [0.5, 0.6) is 0 Å². The maximum atomic E-state index is 11.3. The highest BCUT2D eigenvalue weighted by atomic mass is 16.5. The zero-order valence-electron chi connectivity index (χ0n) is 10.4. The molecule has 0 heterocycles. The van der Waals surface area contributed by atoms with Crippen LogP contribution >= 0.6 is 0 Å². The van der Waals surface area contributed by atoms with Crippen LogP contribution in [0, 0.1) is 36.5 Å². The van der Waals surface area contributed by atoms with E-state index in [1.54, 1.807) is 0 Å². The molecule has 0 aliphatic heterocycles. The van der Waals surface area contributed by atoms with Gasteiger partial charge in [0.05, 0.1) is 7.11 Å². The van der Waals surface area contributed by atoms with Crippen molar-refractivity contribution in [3.63, 3.8) is 0 Å². The lowest BCUT2D eigenvalue weighted by molar-refractivity contribution is -0.149. The molecule has 3 nitrogen and oxygen atoms in total. The molecule has 0 saturated carbocycles. The molecule has 0 radical (unpaired) electrons. The highest BCUT2D eigenvalue weighted by molar-refractivity contribution is 5.97. The van der Waals surface area contributed by atoms with E-state index < -0.39 is 11.9 Å². The average Bonchev–Trinajstić information content (AvgIpc) is 2.32. The Labute approximate surface area is 103 Å². The van der Waals surface area contributed by atoms with Gasteiger partial charge in [-0.2, -0.15) is 0 Å². The minimum absolute atomic E-state index is 0.0116. The van der Waals surface area contributed by atoms with Crippen molar-refractivity contribution in [1.82, 2.24) is 0 Å². The fourth-order valence-corrected chi connectivity index (χ4v) is 1.57. The van der Waals surface area contributed by atoms with Gasteiger partial charge in [-0.15, -0.1) is 24.7 Å². The summed E-state index contributed by atoms with van der Waals surface area (Å²) in [5, 5.41) is 0. The minimum Gasteiger partial charge on any atom is -0.468 e. The second-order valence-corrected chi connectivity index (χ2v) is 3.87. The van der Waals surface area contributed by atoms with E-state index in [1.807, 2.05) is 0 Å². The third kappa shape index (κ3) is 5.78. The predicted molar refractivity (Wildman–Crippen MR) is 65.8 cm³/mol. The molecule has 0 N–H and O–H groups in total. The molecule has 0 saturated heterocycles. The number of rotatable bonds is 7. The topological polar surface area (TPSA) is 43.4 Å². The Morgan fingerprint density at radius 2 is 1.88 bits per heavy atom. The van der Waals surface area contributed by atoms with Crippen LogP contribution in [-0.2, 0) is 14.3 Å². The van der Waals surface area contributed by atoms with Crippen molar-refractivity contribution in [3.8, 4) is 24.7 Å². The second kappa shape index (κ2) is 8.42. The van der Waals surface area contributed by atoms with Crippen molar-refractivity contribution in [2.75, 3.05) is 7.11 Å². The summed E-state index contributed by atoms with van der Waals surface area (Å²) in [6, 6.07) is 0.